The number of rotatable bonds is 6. The van der Waals surface area contributed by atoms with Crippen LogP contribution in [0.3, 0.4) is 0 Å². The summed E-state index contributed by atoms with van der Waals surface area (Å²) in [6.45, 7) is 9.53. The number of hydrazone groups is 1. The number of H-pyrrole nitrogens is 1. The van der Waals surface area contributed by atoms with Crippen LogP contribution in [-0.2, 0) is 9.53 Å². The molecular formula is C25H31N3O3. The molecule has 2 aromatic carbocycles. The Kier molecular flexibility index (Phi) is 7.84. The molecule has 1 saturated heterocycles. The highest BCUT2D eigenvalue weighted by molar-refractivity contribution is 5.98. The second kappa shape index (κ2) is 10.8. The first-order valence-corrected chi connectivity index (χ1v) is 10.8. The predicted molar refractivity (Wildman–Crippen MR) is 125 cm³/mol. The van der Waals surface area contributed by atoms with Gasteiger partial charge < -0.3 is 14.5 Å². The van der Waals surface area contributed by atoms with E-state index in [0.717, 1.165) is 53.0 Å². The molecule has 164 valence electrons. The second-order valence-corrected chi connectivity index (χ2v) is 7.41. The number of fused-ring (bicyclic) bond motifs is 1. The molecule has 31 heavy (non-hydrogen) atoms. The second-order valence-electron chi connectivity index (χ2n) is 7.41. The molecule has 6 nitrogen and oxygen atoms in total. The molecule has 1 atom stereocenters. The van der Waals surface area contributed by atoms with Crippen molar-refractivity contribution in [3.8, 4) is 5.75 Å². The molecule has 4 rings (SSSR count). The van der Waals surface area contributed by atoms with Crippen LogP contribution in [0.1, 0.15) is 48.4 Å². The quantitative estimate of drug-likeness (QED) is 0.442. The largest absolute Gasteiger partial charge is 0.483 e. The molecule has 0 saturated carbocycles. The van der Waals surface area contributed by atoms with Gasteiger partial charge in [0.15, 0.2) is 6.61 Å². The third-order valence-electron chi connectivity index (χ3n) is 5.25. The van der Waals surface area contributed by atoms with Gasteiger partial charge in [-0.25, -0.2) is 5.43 Å². The van der Waals surface area contributed by atoms with Crippen molar-refractivity contribution in [3.63, 3.8) is 0 Å². The lowest BCUT2D eigenvalue weighted by molar-refractivity contribution is -0.123. The van der Waals surface area contributed by atoms with E-state index in [1.807, 2.05) is 58.2 Å². The lowest BCUT2D eigenvalue weighted by Crippen LogP contribution is -2.25. The van der Waals surface area contributed by atoms with Crippen molar-refractivity contribution >= 4 is 23.0 Å². The molecule has 0 aliphatic carbocycles. The van der Waals surface area contributed by atoms with Crippen LogP contribution in [0.25, 0.3) is 10.9 Å². The van der Waals surface area contributed by atoms with Crippen molar-refractivity contribution in [1.29, 1.82) is 0 Å². The average molecular weight is 422 g/mol. The Morgan fingerprint density at radius 1 is 1.26 bits per heavy atom. The van der Waals surface area contributed by atoms with Crippen LogP contribution in [0.2, 0.25) is 0 Å². The van der Waals surface area contributed by atoms with Crippen LogP contribution in [0.4, 0.5) is 0 Å². The lowest BCUT2D eigenvalue weighted by Gasteiger charge is -2.16. The van der Waals surface area contributed by atoms with Gasteiger partial charge in [0.2, 0.25) is 0 Å². The van der Waals surface area contributed by atoms with Crippen molar-refractivity contribution in [1.82, 2.24) is 10.4 Å². The molecular weight excluding hydrogens is 390 g/mol. The van der Waals surface area contributed by atoms with E-state index in [2.05, 4.69) is 27.6 Å². The molecule has 3 aromatic rings. The summed E-state index contributed by atoms with van der Waals surface area (Å²) in [5, 5.41) is 5.12. The summed E-state index contributed by atoms with van der Waals surface area (Å²) in [5.41, 5.74) is 7.83. The van der Waals surface area contributed by atoms with Crippen LogP contribution < -0.4 is 10.2 Å². The van der Waals surface area contributed by atoms with Gasteiger partial charge in [0, 0.05) is 35.2 Å². The van der Waals surface area contributed by atoms with E-state index in [1.165, 1.54) is 5.56 Å². The zero-order valence-corrected chi connectivity index (χ0v) is 18.7. The van der Waals surface area contributed by atoms with Gasteiger partial charge in [-0.3, -0.25) is 4.79 Å². The molecule has 0 radical (unpaired) electrons. The van der Waals surface area contributed by atoms with Gasteiger partial charge in [0.25, 0.3) is 5.91 Å². The highest BCUT2D eigenvalue weighted by Crippen LogP contribution is 2.31. The molecule has 6 heteroatoms. The number of nitrogens with one attached hydrogen (secondary N) is 2. The molecule has 1 amide bonds. The average Bonchev–Trinajstić information content (AvgIpc) is 3.47. The smallest absolute Gasteiger partial charge is 0.277 e. The fourth-order valence-corrected chi connectivity index (χ4v) is 3.81. The zero-order valence-electron chi connectivity index (χ0n) is 18.7. The summed E-state index contributed by atoms with van der Waals surface area (Å²) >= 11 is 0. The molecule has 0 bridgehead atoms. The van der Waals surface area contributed by atoms with Gasteiger partial charge >= 0.3 is 0 Å². The van der Waals surface area contributed by atoms with E-state index in [4.69, 9.17) is 9.47 Å². The number of aromatic amines is 1. The SMILES string of the molecule is CC.Cc1cc(C2CCOC2)cc(C)c1OCC(=O)N/N=C/c1cccc2[nH]ccc12. The van der Waals surface area contributed by atoms with Crippen LogP contribution >= 0.6 is 0 Å². The molecule has 1 fully saturated rings. The van der Waals surface area contributed by atoms with E-state index in [-0.39, 0.29) is 12.5 Å². The van der Waals surface area contributed by atoms with E-state index in [1.54, 1.807) is 6.21 Å². The first-order chi connectivity index (χ1) is 15.1. The van der Waals surface area contributed by atoms with Crippen molar-refractivity contribution < 1.29 is 14.3 Å². The Labute approximate surface area is 183 Å². The van der Waals surface area contributed by atoms with E-state index < -0.39 is 0 Å². The van der Waals surface area contributed by atoms with Gasteiger partial charge in [-0.1, -0.05) is 38.1 Å². The number of aromatic nitrogens is 1. The molecule has 1 aliphatic rings. The van der Waals surface area contributed by atoms with Crippen molar-refractivity contribution in [2.45, 2.75) is 40.0 Å². The Morgan fingerprint density at radius 3 is 2.74 bits per heavy atom. The molecule has 0 spiro atoms. The normalized spacial score (nSPS) is 15.7. The lowest BCUT2D eigenvalue weighted by atomic mass is 9.94. The number of carbonyl (C=O) groups excluding carboxylic acids is 1. The highest BCUT2D eigenvalue weighted by Gasteiger charge is 2.19. The summed E-state index contributed by atoms with van der Waals surface area (Å²) in [4.78, 5) is 15.3. The van der Waals surface area contributed by atoms with Crippen LogP contribution in [0.15, 0.2) is 47.7 Å². The molecule has 1 aliphatic heterocycles. The minimum atomic E-state index is -0.297. The van der Waals surface area contributed by atoms with Gasteiger partial charge in [0.1, 0.15) is 5.75 Å². The summed E-state index contributed by atoms with van der Waals surface area (Å²) in [6, 6.07) is 12.1. The number of hydrogen-bond donors (Lipinski definition) is 2. The third-order valence-corrected chi connectivity index (χ3v) is 5.25. The number of ether oxygens (including phenoxy) is 2. The summed E-state index contributed by atoms with van der Waals surface area (Å²) in [7, 11) is 0. The van der Waals surface area contributed by atoms with Gasteiger partial charge in [0.05, 0.1) is 12.8 Å². The summed E-state index contributed by atoms with van der Waals surface area (Å²) < 4.78 is 11.3. The van der Waals surface area contributed by atoms with E-state index in [9.17, 15) is 4.79 Å². The van der Waals surface area contributed by atoms with Crippen LogP contribution in [-0.4, -0.2) is 36.9 Å². The van der Waals surface area contributed by atoms with Gasteiger partial charge in [-0.05, 0) is 49.1 Å². The van der Waals surface area contributed by atoms with Gasteiger partial charge in [-0.2, -0.15) is 5.10 Å². The number of benzene rings is 2. The molecule has 1 unspecified atom stereocenters. The number of aryl methyl sites for hydroxylation is 2. The van der Waals surface area contributed by atoms with Crippen molar-refractivity contribution in [2.75, 3.05) is 19.8 Å². The van der Waals surface area contributed by atoms with Crippen molar-refractivity contribution in [2.24, 2.45) is 5.10 Å². The van der Waals surface area contributed by atoms with E-state index >= 15 is 0 Å². The number of nitrogens with zero attached hydrogens (tertiary/aromatic N) is 1. The maximum atomic E-state index is 12.1. The zero-order chi connectivity index (χ0) is 22.2. The standard InChI is InChI=1S/C23H25N3O3.C2H6/c1-15-10-19(18-7-9-28-13-18)11-16(2)23(15)29-14-22(27)26-25-12-17-4-3-5-21-20(17)6-8-24-21;1-2/h3-6,8,10-12,18,24H,7,9,13-14H2,1-2H3,(H,26,27);1-2H3/b25-12+;. The molecule has 1 aromatic heterocycles. The Hall–Kier alpha value is -3.12. The Bertz CT molecular complexity index is 1030. The Balaban J connectivity index is 0.00000132. The minimum Gasteiger partial charge on any atom is -0.483 e. The number of hydrogen-bond acceptors (Lipinski definition) is 4. The predicted octanol–water partition coefficient (Wildman–Crippen LogP) is 4.84. The number of carbonyl (C=O) groups is 1. The van der Waals surface area contributed by atoms with Crippen LogP contribution in [0, 0.1) is 13.8 Å². The highest BCUT2D eigenvalue weighted by atomic mass is 16.5. The van der Waals surface area contributed by atoms with E-state index in [0.29, 0.717) is 5.92 Å². The summed E-state index contributed by atoms with van der Waals surface area (Å²) in [5.74, 6) is 0.905. The van der Waals surface area contributed by atoms with Crippen molar-refractivity contribution in [3.05, 3.63) is 64.8 Å². The maximum absolute atomic E-state index is 12.1. The fraction of sp³-hybridized carbons (Fsp3) is 0.360. The van der Waals surface area contributed by atoms with Gasteiger partial charge in [-0.15, -0.1) is 0 Å². The maximum Gasteiger partial charge on any atom is 0.277 e. The first-order valence-electron chi connectivity index (χ1n) is 10.8. The topological polar surface area (TPSA) is 75.7 Å². The minimum absolute atomic E-state index is 0.0841. The fourth-order valence-electron chi connectivity index (χ4n) is 3.81. The molecule has 2 heterocycles. The monoisotopic (exact) mass is 421 g/mol. The first kappa shape index (κ1) is 22.6. The summed E-state index contributed by atoms with van der Waals surface area (Å²) in [6.07, 6.45) is 4.57. The number of amides is 1. The molecule has 2 N–H and O–H groups in total. The van der Waals surface area contributed by atoms with Crippen LogP contribution in [0.5, 0.6) is 5.75 Å². The third kappa shape index (κ3) is 5.52. The Morgan fingerprint density at radius 2 is 2.03 bits per heavy atom.